The van der Waals surface area contributed by atoms with Gasteiger partial charge in [-0.05, 0) is 77.9 Å². The molecule has 3 aromatic heterocycles. The van der Waals surface area contributed by atoms with Crippen LogP contribution in [0.25, 0.3) is 93.9 Å². The van der Waals surface area contributed by atoms with Crippen LogP contribution < -0.4 is 15.8 Å². The van der Waals surface area contributed by atoms with Crippen molar-refractivity contribution in [3.63, 3.8) is 0 Å². The Labute approximate surface area is 416 Å². The van der Waals surface area contributed by atoms with Crippen LogP contribution in [0.2, 0.25) is 0 Å². The highest BCUT2D eigenvalue weighted by Crippen LogP contribution is 2.39. The van der Waals surface area contributed by atoms with Gasteiger partial charge in [0.25, 0.3) is 0 Å². The van der Waals surface area contributed by atoms with Gasteiger partial charge in [-0.2, -0.15) is 13.2 Å². The van der Waals surface area contributed by atoms with Gasteiger partial charge < -0.3 is 19.0 Å². The molecule has 1 aliphatic carbocycles. The third kappa shape index (κ3) is 6.95. The van der Waals surface area contributed by atoms with E-state index >= 15 is 0 Å². The van der Waals surface area contributed by atoms with E-state index in [1.165, 1.54) is 33.7 Å². The molecule has 9 heteroatoms. The van der Waals surface area contributed by atoms with E-state index in [9.17, 15) is 13.2 Å². The topological polar surface area (TPSA) is 51.5 Å². The lowest BCUT2D eigenvalue weighted by Crippen LogP contribution is -2.38. The van der Waals surface area contributed by atoms with E-state index in [1.54, 1.807) is 6.08 Å². The number of nitrogens with one attached hydrogen (secondary N) is 1. The third-order valence-corrected chi connectivity index (χ3v) is 14.4. The normalized spacial score (nSPS) is 15.6. The van der Waals surface area contributed by atoms with Gasteiger partial charge in [0.05, 0.1) is 38.7 Å². The van der Waals surface area contributed by atoms with E-state index in [0.29, 0.717) is 22.7 Å². The molecule has 14 rings (SSSR count). The molecule has 0 atom stereocenters. The van der Waals surface area contributed by atoms with Crippen molar-refractivity contribution in [3.8, 4) is 17.1 Å². The van der Waals surface area contributed by atoms with Gasteiger partial charge >= 0.3 is 6.18 Å². The van der Waals surface area contributed by atoms with Crippen LogP contribution in [0.4, 0.5) is 13.2 Å². The first-order valence-electron chi connectivity index (χ1n) is 24.3. The molecular weight excluding hydrogens is 910 g/mol. The Balaban J connectivity index is 1.08. The summed E-state index contributed by atoms with van der Waals surface area (Å²) in [5.41, 5.74) is 11.0. The molecule has 0 radical (unpaired) electrons. The van der Waals surface area contributed by atoms with Gasteiger partial charge in [-0.1, -0.05) is 170 Å². The van der Waals surface area contributed by atoms with Gasteiger partial charge in [-0.15, -0.1) is 0 Å². The number of hydrogen-bond donors (Lipinski definition) is 1. The maximum Gasteiger partial charge on any atom is 0.416 e. The Hall–Kier alpha value is -9.47. The van der Waals surface area contributed by atoms with Gasteiger partial charge in [0.15, 0.2) is 5.84 Å². The number of para-hydroxylation sites is 4. The maximum absolute atomic E-state index is 14.1. The summed E-state index contributed by atoms with van der Waals surface area (Å²) in [6, 6.07) is 73.5. The fourth-order valence-electron chi connectivity index (χ4n) is 11.0. The number of hydrogen-bond acceptors (Lipinski definition) is 3. The van der Waals surface area contributed by atoms with E-state index in [-0.39, 0.29) is 6.42 Å². The van der Waals surface area contributed by atoms with Crippen LogP contribution in [0.1, 0.15) is 17.5 Å². The minimum Gasteiger partial charge on any atom is -0.324 e. The van der Waals surface area contributed by atoms with Gasteiger partial charge in [-0.25, -0.2) is 9.98 Å². The highest BCUT2D eigenvalue weighted by Gasteiger charge is 2.32. The second-order valence-corrected chi connectivity index (χ2v) is 18.5. The predicted molar refractivity (Wildman–Crippen MR) is 293 cm³/mol. The fraction of sp³-hybridized carbons (Fsp3) is 0.0312. The molecule has 0 amide bonds. The summed E-state index contributed by atoms with van der Waals surface area (Å²) >= 11 is 0. The summed E-state index contributed by atoms with van der Waals surface area (Å²) in [5, 5.41) is 11.9. The second kappa shape index (κ2) is 16.6. The molecule has 6 nitrogen and oxygen atoms in total. The van der Waals surface area contributed by atoms with Crippen LogP contribution in [0, 0.1) is 0 Å². The van der Waals surface area contributed by atoms with Gasteiger partial charge in [0.1, 0.15) is 11.7 Å². The molecule has 9 aromatic carbocycles. The smallest absolute Gasteiger partial charge is 0.324 e. The number of benzene rings is 9. The lowest BCUT2D eigenvalue weighted by atomic mass is 9.98. The maximum atomic E-state index is 14.1. The van der Waals surface area contributed by atoms with Crippen molar-refractivity contribution in [1.82, 2.24) is 19.0 Å². The number of nitrogens with zero attached hydrogens (tertiary/aromatic N) is 5. The number of alkyl halides is 3. The number of fused-ring (bicyclic) bond motifs is 9. The van der Waals surface area contributed by atoms with Crippen LogP contribution in [0.15, 0.2) is 246 Å². The average Bonchev–Trinajstić information content (AvgIpc) is 4.08. The molecule has 0 saturated carbocycles. The molecule has 348 valence electrons. The zero-order valence-electron chi connectivity index (χ0n) is 39.0. The van der Waals surface area contributed by atoms with Crippen LogP contribution in [0.3, 0.4) is 0 Å². The minimum absolute atomic E-state index is 0.0829. The first-order valence-corrected chi connectivity index (χ1v) is 24.3. The van der Waals surface area contributed by atoms with E-state index in [1.807, 2.05) is 66.7 Å². The zero-order valence-corrected chi connectivity index (χ0v) is 39.0. The van der Waals surface area contributed by atoms with Crippen LogP contribution in [0.5, 0.6) is 0 Å². The van der Waals surface area contributed by atoms with E-state index < -0.39 is 11.7 Å². The molecule has 1 aliphatic heterocycles. The summed E-state index contributed by atoms with van der Waals surface area (Å²) in [6.45, 7) is 0. The van der Waals surface area contributed by atoms with Crippen molar-refractivity contribution in [2.75, 3.05) is 0 Å². The van der Waals surface area contributed by atoms with Crippen molar-refractivity contribution in [2.24, 2.45) is 9.98 Å². The summed E-state index contributed by atoms with van der Waals surface area (Å²) in [7, 11) is 0. The summed E-state index contributed by atoms with van der Waals surface area (Å²) < 4.78 is 49.2. The quantitative estimate of drug-likeness (QED) is 0.184. The minimum atomic E-state index is -4.46. The third-order valence-electron chi connectivity index (χ3n) is 14.4. The number of amidine groups is 2. The molecule has 0 saturated heterocycles. The van der Waals surface area contributed by atoms with Crippen molar-refractivity contribution >= 4 is 88.5 Å². The first kappa shape index (κ1) is 42.4. The van der Waals surface area contributed by atoms with Crippen molar-refractivity contribution in [1.29, 1.82) is 0 Å². The van der Waals surface area contributed by atoms with Crippen molar-refractivity contribution in [2.45, 2.75) is 12.6 Å². The van der Waals surface area contributed by atoms with E-state index in [0.717, 1.165) is 82.9 Å². The first-order chi connectivity index (χ1) is 35.8. The van der Waals surface area contributed by atoms with Gasteiger partial charge in [0, 0.05) is 65.7 Å². The summed E-state index contributed by atoms with van der Waals surface area (Å²) in [4.78, 5) is 10.3. The van der Waals surface area contributed by atoms with Crippen molar-refractivity contribution in [3.05, 3.63) is 258 Å². The number of allylic oxidation sites excluding steroid dienone is 4. The molecule has 0 bridgehead atoms. The van der Waals surface area contributed by atoms with Gasteiger partial charge in [0.2, 0.25) is 0 Å². The number of aliphatic imine (C=N–C) groups is 2. The summed E-state index contributed by atoms with van der Waals surface area (Å²) in [5.74, 6) is 1.64. The molecule has 4 heterocycles. The lowest BCUT2D eigenvalue weighted by Gasteiger charge is -2.19. The standard InChI is InChI=1S/C64H41F3N6/c65-64(66,67)43-29-27-40(28-30-43)47-34-31-44(37-54(47)63-69-61(41-15-3-1-4-16-41)68-62(70-63)42-17-5-2-6-18-42)73-59-38-45(71-55-23-11-7-19-48(55)49-20-8-12-24-56(49)71)32-35-52(59)53-36-33-46(39-60(53)73)72-57-25-13-9-21-50(57)51-22-10-14-26-58(51)72/h1-27,29-39H,28H2,(H,68,69,70). The molecule has 0 unspecified atom stereocenters. The van der Waals surface area contributed by atoms with Crippen molar-refractivity contribution < 1.29 is 13.2 Å². The molecule has 12 aromatic rings. The molecule has 2 aliphatic rings. The number of halogens is 3. The largest absolute Gasteiger partial charge is 0.416 e. The highest BCUT2D eigenvalue weighted by molar-refractivity contribution is 6.17. The Morgan fingerprint density at radius 3 is 1.33 bits per heavy atom. The second-order valence-electron chi connectivity index (χ2n) is 18.5. The van der Waals surface area contributed by atoms with E-state index in [4.69, 9.17) is 9.98 Å². The predicted octanol–water partition coefficient (Wildman–Crippen LogP) is 14.1. The summed E-state index contributed by atoms with van der Waals surface area (Å²) in [6.07, 6.45) is -0.350. The molecule has 0 fully saturated rings. The Kier molecular flexibility index (Phi) is 9.63. The van der Waals surface area contributed by atoms with E-state index in [2.05, 4.69) is 165 Å². The molecule has 1 N–H and O–H groups in total. The van der Waals surface area contributed by atoms with Crippen LogP contribution >= 0.6 is 0 Å². The Morgan fingerprint density at radius 2 is 0.836 bits per heavy atom. The van der Waals surface area contributed by atoms with Crippen LogP contribution in [-0.2, 0) is 0 Å². The highest BCUT2D eigenvalue weighted by atomic mass is 19.4. The SMILES string of the molecule is FC(F)(F)C1=CCC(=c2ccc(-n3c4cc(-n5c6ccccc6c6ccccc65)ccc4c4ccc(-n5c6ccccc6c6ccccc65)cc43)cc2=C2N=C(c3ccccc3)N=C(c3ccccc3)N2)C=C1. The van der Waals surface area contributed by atoms with Crippen LogP contribution in [-0.4, -0.2) is 31.5 Å². The fourth-order valence-corrected chi connectivity index (χ4v) is 11.0. The number of aromatic nitrogens is 3. The number of rotatable bonds is 5. The monoisotopic (exact) mass is 950 g/mol. The lowest BCUT2D eigenvalue weighted by molar-refractivity contribution is -0.0884. The molecular formula is C64H41F3N6. The molecule has 73 heavy (non-hydrogen) atoms. The average molecular weight is 951 g/mol. The Morgan fingerprint density at radius 1 is 0.397 bits per heavy atom. The Bertz CT molecular complexity index is 4250. The zero-order chi connectivity index (χ0) is 48.8. The van der Waals surface area contributed by atoms with Gasteiger partial charge in [-0.3, -0.25) is 0 Å². The molecule has 0 spiro atoms.